The number of hydrogen-bond donors (Lipinski definition) is 1. The minimum Gasteiger partial charge on any atom is -0.379 e. The Balaban J connectivity index is 2.08. The van der Waals surface area contributed by atoms with Gasteiger partial charge >= 0.3 is 0 Å². The first-order valence-electron chi connectivity index (χ1n) is 4.75. The molecule has 0 aromatic carbocycles. The Morgan fingerprint density at radius 2 is 2.12 bits per heavy atom. The molecular weight excluding hydrogens is 352 g/mol. The van der Waals surface area contributed by atoms with Gasteiger partial charge < -0.3 is 5.32 Å². The summed E-state index contributed by atoms with van der Waals surface area (Å²) in [6.45, 7) is 2.82. The largest absolute Gasteiger partial charge is 0.379 e. The van der Waals surface area contributed by atoms with E-state index in [4.69, 9.17) is 0 Å². The quantitative estimate of drug-likeness (QED) is 0.809. The van der Waals surface area contributed by atoms with Gasteiger partial charge in [0, 0.05) is 9.35 Å². The van der Waals surface area contributed by atoms with Crippen LogP contribution in [0.1, 0.15) is 10.6 Å². The molecule has 0 saturated carbocycles. The van der Waals surface area contributed by atoms with Crippen LogP contribution in [0, 0.1) is 6.92 Å². The lowest BCUT2D eigenvalue weighted by Crippen LogP contribution is -2.01. The summed E-state index contributed by atoms with van der Waals surface area (Å²) in [5.74, 6) is 0. The molecule has 0 aliphatic carbocycles. The molecule has 0 aliphatic rings. The molecule has 0 bridgehead atoms. The summed E-state index contributed by atoms with van der Waals surface area (Å²) in [6.07, 6.45) is 0. The summed E-state index contributed by atoms with van der Waals surface area (Å²) in [5.41, 5.74) is 2.07. The van der Waals surface area contributed by atoms with E-state index in [0.717, 1.165) is 27.0 Å². The van der Waals surface area contributed by atoms with E-state index in [9.17, 15) is 0 Å². The van der Waals surface area contributed by atoms with Gasteiger partial charge in [0.25, 0.3) is 0 Å². The van der Waals surface area contributed by atoms with Crippen LogP contribution in [-0.4, -0.2) is 4.98 Å². The first kappa shape index (κ1) is 12.1. The Morgan fingerprint density at radius 1 is 1.31 bits per heavy atom. The highest BCUT2D eigenvalue weighted by Gasteiger charge is 2.03. The average Bonchev–Trinajstić information content (AvgIpc) is 2.63. The maximum atomic E-state index is 4.34. The maximum Gasteiger partial charge on any atom is 0.106 e. The van der Waals surface area contributed by atoms with Gasteiger partial charge in [0.15, 0.2) is 0 Å². The number of pyridine rings is 1. The molecule has 0 radical (unpaired) electrons. The number of aromatic nitrogens is 1. The van der Waals surface area contributed by atoms with Crippen LogP contribution in [0.3, 0.4) is 0 Å². The maximum absolute atomic E-state index is 4.34. The van der Waals surface area contributed by atoms with Crippen molar-refractivity contribution in [1.29, 1.82) is 0 Å². The summed E-state index contributed by atoms with van der Waals surface area (Å²) >= 11 is 8.61. The average molecular weight is 362 g/mol. The van der Waals surface area contributed by atoms with Gasteiger partial charge in [-0.25, -0.2) is 4.98 Å². The number of aryl methyl sites for hydroxylation is 1. The fourth-order valence-electron chi connectivity index (χ4n) is 1.34. The molecule has 2 nitrogen and oxygen atoms in total. The first-order chi connectivity index (χ1) is 7.66. The number of nitrogens with one attached hydrogen (secondary N) is 1. The van der Waals surface area contributed by atoms with E-state index >= 15 is 0 Å². The van der Waals surface area contributed by atoms with E-state index in [0.29, 0.717) is 0 Å². The molecule has 0 fully saturated rings. The Hall–Kier alpha value is -0.390. The predicted octanol–water partition coefficient (Wildman–Crippen LogP) is 4.59. The van der Waals surface area contributed by atoms with Crippen LogP contribution in [0.4, 0.5) is 5.69 Å². The molecule has 0 atom stereocenters. The zero-order valence-electron chi connectivity index (χ0n) is 8.63. The summed E-state index contributed by atoms with van der Waals surface area (Å²) in [5, 5.41) is 5.46. The predicted molar refractivity (Wildman–Crippen MR) is 76.0 cm³/mol. The van der Waals surface area contributed by atoms with Gasteiger partial charge in [0.05, 0.1) is 17.9 Å². The van der Waals surface area contributed by atoms with Crippen LogP contribution in [0.5, 0.6) is 0 Å². The lowest BCUT2D eigenvalue weighted by Gasteiger charge is -2.08. The highest BCUT2D eigenvalue weighted by atomic mass is 79.9. The van der Waals surface area contributed by atoms with Gasteiger partial charge in [-0.05, 0) is 62.4 Å². The van der Waals surface area contributed by atoms with E-state index in [1.165, 1.54) is 4.88 Å². The first-order valence-corrected chi connectivity index (χ1v) is 7.22. The molecule has 0 spiro atoms. The Morgan fingerprint density at radius 3 is 2.75 bits per heavy atom. The summed E-state index contributed by atoms with van der Waals surface area (Å²) < 4.78 is 2.03. The second-order valence-corrected chi connectivity index (χ2v) is 5.98. The van der Waals surface area contributed by atoms with Gasteiger partial charge in [-0.15, -0.1) is 11.3 Å². The molecule has 84 valence electrons. The van der Waals surface area contributed by atoms with Gasteiger partial charge in [-0.2, -0.15) is 0 Å². The lowest BCUT2D eigenvalue weighted by atomic mass is 10.3. The molecule has 0 amide bonds. The molecule has 2 rings (SSSR count). The van der Waals surface area contributed by atoms with Crippen LogP contribution in [0.15, 0.2) is 32.7 Å². The van der Waals surface area contributed by atoms with Crippen LogP contribution in [0.25, 0.3) is 0 Å². The van der Waals surface area contributed by atoms with Crippen LogP contribution in [0.2, 0.25) is 0 Å². The second kappa shape index (κ2) is 5.29. The van der Waals surface area contributed by atoms with Gasteiger partial charge in [0.2, 0.25) is 0 Å². The van der Waals surface area contributed by atoms with Crippen molar-refractivity contribution in [2.45, 2.75) is 13.5 Å². The van der Waals surface area contributed by atoms with E-state index in [-0.39, 0.29) is 0 Å². The van der Waals surface area contributed by atoms with E-state index < -0.39 is 0 Å². The topological polar surface area (TPSA) is 24.9 Å². The Kier molecular flexibility index (Phi) is 4.00. The molecule has 0 saturated heterocycles. The zero-order chi connectivity index (χ0) is 11.5. The molecular formula is C11H10Br2N2S. The minimum atomic E-state index is 0.822. The van der Waals surface area contributed by atoms with Crippen molar-refractivity contribution < 1.29 is 0 Å². The van der Waals surface area contributed by atoms with Crippen LogP contribution >= 0.6 is 43.2 Å². The van der Waals surface area contributed by atoms with Crippen molar-refractivity contribution >= 4 is 48.9 Å². The second-order valence-electron chi connectivity index (χ2n) is 3.31. The van der Waals surface area contributed by atoms with E-state index in [1.54, 1.807) is 11.3 Å². The molecule has 0 aliphatic heterocycles. The Bertz CT molecular complexity index is 496. The third kappa shape index (κ3) is 2.84. The molecule has 16 heavy (non-hydrogen) atoms. The number of thiophene rings is 1. The Labute approximate surface area is 115 Å². The van der Waals surface area contributed by atoms with Crippen molar-refractivity contribution in [3.63, 3.8) is 0 Å². The van der Waals surface area contributed by atoms with Gasteiger partial charge in [0.1, 0.15) is 4.60 Å². The number of rotatable bonds is 3. The summed E-state index contributed by atoms with van der Waals surface area (Å²) in [7, 11) is 0. The fourth-order valence-corrected chi connectivity index (χ4v) is 3.17. The molecule has 0 unspecified atom stereocenters. The van der Waals surface area contributed by atoms with E-state index in [2.05, 4.69) is 53.6 Å². The van der Waals surface area contributed by atoms with Crippen molar-refractivity contribution in [2.75, 3.05) is 5.32 Å². The number of nitrogens with zero attached hydrogens (tertiary/aromatic N) is 1. The van der Waals surface area contributed by atoms with Crippen molar-refractivity contribution in [2.24, 2.45) is 0 Å². The van der Waals surface area contributed by atoms with Gasteiger partial charge in [-0.3, -0.25) is 0 Å². The molecule has 1 N–H and O–H groups in total. The number of hydrogen-bond acceptors (Lipinski definition) is 3. The fraction of sp³-hybridized carbons (Fsp3) is 0.182. The highest BCUT2D eigenvalue weighted by molar-refractivity contribution is 9.10. The van der Waals surface area contributed by atoms with Crippen LogP contribution in [-0.2, 0) is 6.54 Å². The van der Waals surface area contributed by atoms with E-state index in [1.807, 2.05) is 19.1 Å². The monoisotopic (exact) mass is 360 g/mol. The summed E-state index contributed by atoms with van der Waals surface area (Å²) in [4.78, 5) is 5.64. The molecule has 5 heteroatoms. The van der Waals surface area contributed by atoms with Crippen molar-refractivity contribution in [3.05, 3.63) is 43.2 Å². The lowest BCUT2D eigenvalue weighted by molar-refractivity contribution is 1.11. The standard InChI is InChI=1S/C11H10Br2N2S/c1-7-9(2-3-11(13)15-7)14-6-10-8(12)4-5-16-10/h2-5,14H,6H2,1H3. The number of anilines is 1. The third-order valence-electron chi connectivity index (χ3n) is 2.18. The highest BCUT2D eigenvalue weighted by Crippen LogP contribution is 2.24. The minimum absolute atomic E-state index is 0.822. The van der Waals surface area contributed by atoms with Gasteiger partial charge in [-0.1, -0.05) is 0 Å². The zero-order valence-corrected chi connectivity index (χ0v) is 12.6. The molecule has 2 aromatic heterocycles. The number of halogens is 2. The smallest absolute Gasteiger partial charge is 0.106 e. The van der Waals surface area contributed by atoms with Crippen LogP contribution < -0.4 is 5.32 Å². The molecule has 2 aromatic rings. The normalized spacial score (nSPS) is 10.4. The third-order valence-corrected chi connectivity index (χ3v) is 4.55. The van der Waals surface area contributed by atoms with Crippen molar-refractivity contribution in [3.8, 4) is 0 Å². The van der Waals surface area contributed by atoms with Crippen molar-refractivity contribution in [1.82, 2.24) is 4.98 Å². The summed E-state index contributed by atoms with van der Waals surface area (Å²) in [6, 6.07) is 6.04. The molecule has 2 heterocycles. The SMILES string of the molecule is Cc1nc(Br)ccc1NCc1sccc1Br.